The number of hydrogen-bond acceptors (Lipinski definition) is 3. The molecule has 3 N–H and O–H groups in total. The lowest BCUT2D eigenvalue weighted by Gasteiger charge is -2.19. The highest BCUT2D eigenvalue weighted by molar-refractivity contribution is 5.74. The third-order valence-corrected chi connectivity index (χ3v) is 1.88. The Morgan fingerprint density at radius 1 is 1.40 bits per heavy atom. The predicted molar refractivity (Wildman–Crippen MR) is 54.6 cm³/mol. The summed E-state index contributed by atoms with van der Waals surface area (Å²) in [4.78, 5) is 23.0. The summed E-state index contributed by atoms with van der Waals surface area (Å²) in [5.74, 6) is -0.869. The smallest absolute Gasteiger partial charge is 0.317 e. The Hall–Kier alpha value is -1.30. The van der Waals surface area contributed by atoms with Crippen molar-refractivity contribution in [3.63, 3.8) is 0 Å². The Bertz CT molecular complexity index is 208. The van der Waals surface area contributed by atoms with Gasteiger partial charge in [0.05, 0.1) is 6.61 Å². The third kappa shape index (κ3) is 6.73. The summed E-state index contributed by atoms with van der Waals surface area (Å²) in [5, 5.41) is 19.6. The van der Waals surface area contributed by atoms with E-state index >= 15 is 0 Å². The zero-order valence-electron chi connectivity index (χ0n) is 8.90. The molecule has 0 aliphatic rings. The number of likely N-dealkylation sites (N-methyl/N-ethyl adjacent to an activating group) is 1. The number of nitrogens with one attached hydrogen (secondary N) is 1. The molecule has 6 nitrogen and oxygen atoms in total. The van der Waals surface area contributed by atoms with E-state index in [2.05, 4.69) is 5.32 Å². The van der Waals surface area contributed by atoms with Gasteiger partial charge in [-0.1, -0.05) is 0 Å². The first-order valence-corrected chi connectivity index (χ1v) is 4.97. The maximum Gasteiger partial charge on any atom is 0.317 e. The largest absolute Gasteiger partial charge is 0.481 e. The van der Waals surface area contributed by atoms with Crippen LogP contribution in [0, 0.1) is 0 Å². The summed E-state index contributed by atoms with van der Waals surface area (Å²) in [6.45, 7) is 2.89. The molecule has 0 saturated heterocycles. The Kier molecular flexibility index (Phi) is 7.35. The lowest BCUT2D eigenvalue weighted by molar-refractivity contribution is -0.137. The Morgan fingerprint density at radius 3 is 2.53 bits per heavy atom. The summed E-state index contributed by atoms with van der Waals surface area (Å²) in [6.07, 6.45) is 0.462. The standard InChI is InChI=1S/C9H18N2O4/c1-2-11(6-7-12)9(15)10-5-3-4-8(13)14/h12H,2-7H2,1H3,(H,10,15)(H,13,14). The molecule has 0 fully saturated rings. The molecule has 0 aliphatic heterocycles. The molecular formula is C9H18N2O4. The van der Waals surface area contributed by atoms with E-state index in [1.54, 1.807) is 0 Å². The Labute approximate surface area is 88.9 Å². The fourth-order valence-corrected chi connectivity index (χ4v) is 1.07. The molecule has 0 aromatic heterocycles. The van der Waals surface area contributed by atoms with Gasteiger partial charge in [0, 0.05) is 26.1 Å². The number of aliphatic carboxylic acids is 1. The number of rotatable bonds is 7. The SMILES string of the molecule is CCN(CCO)C(=O)NCCCC(=O)O. The van der Waals surface area contributed by atoms with Gasteiger partial charge in [-0.2, -0.15) is 0 Å². The highest BCUT2D eigenvalue weighted by atomic mass is 16.4. The van der Waals surface area contributed by atoms with Crippen molar-refractivity contribution in [2.24, 2.45) is 0 Å². The van der Waals surface area contributed by atoms with Gasteiger partial charge in [0.2, 0.25) is 0 Å². The number of nitrogens with zero attached hydrogens (tertiary/aromatic N) is 1. The van der Waals surface area contributed by atoms with E-state index in [-0.39, 0.29) is 19.1 Å². The normalized spacial score (nSPS) is 9.73. The van der Waals surface area contributed by atoms with E-state index in [9.17, 15) is 9.59 Å². The number of amides is 2. The monoisotopic (exact) mass is 218 g/mol. The molecule has 15 heavy (non-hydrogen) atoms. The van der Waals surface area contributed by atoms with Gasteiger partial charge in [-0.3, -0.25) is 4.79 Å². The van der Waals surface area contributed by atoms with Gasteiger partial charge in [-0.25, -0.2) is 4.79 Å². The molecule has 6 heteroatoms. The van der Waals surface area contributed by atoms with Crippen LogP contribution in [0.15, 0.2) is 0 Å². The van der Waals surface area contributed by atoms with Crippen LogP contribution in [0.3, 0.4) is 0 Å². The topological polar surface area (TPSA) is 89.9 Å². The van der Waals surface area contributed by atoms with Gasteiger partial charge < -0.3 is 20.4 Å². The molecule has 0 spiro atoms. The number of urea groups is 1. The van der Waals surface area contributed by atoms with Gasteiger partial charge in [0.15, 0.2) is 0 Å². The molecule has 0 radical (unpaired) electrons. The van der Waals surface area contributed by atoms with E-state index in [0.717, 1.165) is 0 Å². The molecule has 0 bridgehead atoms. The van der Waals surface area contributed by atoms with Crippen LogP contribution in [-0.2, 0) is 4.79 Å². The quantitative estimate of drug-likeness (QED) is 0.519. The maximum atomic E-state index is 11.4. The number of hydrogen-bond donors (Lipinski definition) is 3. The van der Waals surface area contributed by atoms with E-state index in [4.69, 9.17) is 10.2 Å². The zero-order chi connectivity index (χ0) is 11.7. The minimum Gasteiger partial charge on any atom is -0.481 e. The number of carbonyl (C=O) groups is 2. The number of carboxylic acid groups (broad SMARTS) is 1. The van der Waals surface area contributed by atoms with Crippen molar-refractivity contribution in [2.45, 2.75) is 19.8 Å². The molecule has 88 valence electrons. The van der Waals surface area contributed by atoms with Crippen LogP contribution in [-0.4, -0.2) is 53.4 Å². The lowest BCUT2D eigenvalue weighted by atomic mass is 10.3. The maximum absolute atomic E-state index is 11.4. The number of carboxylic acids is 1. The molecular weight excluding hydrogens is 200 g/mol. The molecule has 0 unspecified atom stereocenters. The van der Waals surface area contributed by atoms with Gasteiger partial charge in [-0.15, -0.1) is 0 Å². The highest BCUT2D eigenvalue weighted by Gasteiger charge is 2.09. The fraction of sp³-hybridized carbons (Fsp3) is 0.778. The molecule has 0 aromatic rings. The molecule has 0 heterocycles. The summed E-state index contributed by atoms with van der Waals surface area (Å²) in [5.41, 5.74) is 0. The molecule has 0 saturated carbocycles. The summed E-state index contributed by atoms with van der Waals surface area (Å²) in [6, 6.07) is -0.267. The van der Waals surface area contributed by atoms with Gasteiger partial charge in [0.1, 0.15) is 0 Å². The summed E-state index contributed by atoms with van der Waals surface area (Å²) in [7, 11) is 0. The predicted octanol–water partition coefficient (Wildman–Crippen LogP) is -0.125. The van der Waals surface area contributed by atoms with E-state index in [1.807, 2.05) is 6.92 Å². The number of aliphatic hydroxyl groups is 1. The first-order chi connectivity index (χ1) is 7.11. The van der Waals surface area contributed by atoms with Crippen LogP contribution in [0.2, 0.25) is 0 Å². The van der Waals surface area contributed by atoms with Gasteiger partial charge >= 0.3 is 12.0 Å². The molecule has 0 rings (SSSR count). The molecule has 2 amide bonds. The number of aliphatic hydroxyl groups excluding tert-OH is 1. The first kappa shape index (κ1) is 13.7. The average molecular weight is 218 g/mol. The van der Waals surface area contributed by atoms with Crippen molar-refractivity contribution in [3.8, 4) is 0 Å². The summed E-state index contributed by atoms with van der Waals surface area (Å²) >= 11 is 0. The molecule has 0 atom stereocenters. The highest BCUT2D eigenvalue weighted by Crippen LogP contribution is 1.90. The van der Waals surface area contributed by atoms with E-state index < -0.39 is 5.97 Å². The van der Waals surface area contributed by atoms with E-state index in [0.29, 0.717) is 26.1 Å². The molecule has 0 aliphatic carbocycles. The minimum atomic E-state index is -0.869. The fourth-order valence-electron chi connectivity index (χ4n) is 1.07. The van der Waals surface area contributed by atoms with Crippen LogP contribution < -0.4 is 5.32 Å². The van der Waals surface area contributed by atoms with E-state index in [1.165, 1.54) is 4.90 Å². The molecule has 0 aromatic carbocycles. The van der Waals surface area contributed by atoms with Crippen molar-refractivity contribution >= 4 is 12.0 Å². The average Bonchev–Trinajstić information content (AvgIpc) is 2.20. The first-order valence-electron chi connectivity index (χ1n) is 4.97. The third-order valence-electron chi connectivity index (χ3n) is 1.88. The van der Waals surface area contributed by atoms with Crippen LogP contribution >= 0.6 is 0 Å². The van der Waals surface area contributed by atoms with Crippen molar-refractivity contribution in [1.82, 2.24) is 10.2 Å². The van der Waals surface area contributed by atoms with Crippen LogP contribution in [0.25, 0.3) is 0 Å². The van der Waals surface area contributed by atoms with Gasteiger partial charge in [-0.05, 0) is 13.3 Å². The van der Waals surface area contributed by atoms with Crippen LogP contribution in [0.1, 0.15) is 19.8 Å². The lowest BCUT2D eigenvalue weighted by Crippen LogP contribution is -2.41. The Morgan fingerprint density at radius 2 is 2.07 bits per heavy atom. The Balaban J connectivity index is 3.66. The summed E-state index contributed by atoms with van der Waals surface area (Å²) < 4.78 is 0. The van der Waals surface area contributed by atoms with Crippen molar-refractivity contribution in [1.29, 1.82) is 0 Å². The second kappa shape index (κ2) is 8.05. The van der Waals surface area contributed by atoms with Gasteiger partial charge in [0.25, 0.3) is 0 Å². The second-order valence-corrected chi connectivity index (χ2v) is 3.03. The van der Waals surface area contributed by atoms with Crippen molar-refractivity contribution in [3.05, 3.63) is 0 Å². The van der Waals surface area contributed by atoms with Crippen LogP contribution in [0.4, 0.5) is 4.79 Å². The van der Waals surface area contributed by atoms with Crippen molar-refractivity contribution < 1.29 is 19.8 Å². The van der Waals surface area contributed by atoms with Crippen LogP contribution in [0.5, 0.6) is 0 Å². The minimum absolute atomic E-state index is 0.0480. The zero-order valence-corrected chi connectivity index (χ0v) is 8.90. The number of carbonyl (C=O) groups excluding carboxylic acids is 1. The second-order valence-electron chi connectivity index (χ2n) is 3.03. The van der Waals surface area contributed by atoms with Crippen molar-refractivity contribution in [2.75, 3.05) is 26.2 Å².